The van der Waals surface area contributed by atoms with E-state index in [1.807, 2.05) is 36.5 Å². The molecule has 2 nitrogen and oxygen atoms in total. The average Bonchev–Trinajstić information content (AvgIpc) is 2.73. The maximum atomic E-state index is 5.12. The van der Waals surface area contributed by atoms with Gasteiger partial charge in [0.25, 0.3) is 0 Å². The van der Waals surface area contributed by atoms with E-state index in [1.165, 1.54) is 0 Å². The minimum Gasteiger partial charge on any atom is -0.476 e. The molecule has 5 heteroatoms. The third-order valence-electron chi connectivity index (χ3n) is 4.70. The van der Waals surface area contributed by atoms with Crippen LogP contribution in [0.1, 0.15) is 5.56 Å². The van der Waals surface area contributed by atoms with E-state index in [2.05, 4.69) is 47.4 Å². The van der Waals surface area contributed by atoms with Crippen LogP contribution in [0.25, 0.3) is 43.8 Å². The Balaban J connectivity index is 0.00000192. The summed E-state index contributed by atoms with van der Waals surface area (Å²) in [5.41, 5.74) is 4.39. The Bertz CT molecular complexity index is 1360. The van der Waals surface area contributed by atoms with Crippen LogP contribution in [0.5, 0.6) is 0 Å². The maximum Gasteiger partial charge on any atom is 2.00 e. The Morgan fingerprint density at radius 2 is 1.54 bits per heavy atom. The molecule has 0 saturated carbocycles. The topological polar surface area (TPSA) is 25.8 Å². The van der Waals surface area contributed by atoms with Crippen LogP contribution in [0.2, 0.25) is 0 Å². The zero-order valence-corrected chi connectivity index (χ0v) is 18.4. The van der Waals surface area contributed by atoms with Crippen LogP contribution in [0.3, 0.4) is 0 Å². The molecule has 28 heavy (non-hydrogen) atoms. The molecule has 5 rings (SSSR count). The molecule has 0 bridgehead atoms. The van der Waals surface area contributed by atoms with Crippen LogP contribution >= 0.6 is 12.2 Å². The van der Waals surface area contributed by atoms with E-state index in [1.54, 1.807) is 0 Å². The van der Waals surface area contributed by atoms with Crippen molar-refractivity contribution in [3.63, 3.8) is 0 Å². The molecule has 2 aromatic heterocycles. The van der Waals surface area contributed by atoms with Crippen molar-refractivity contribution in [1.29, 1.82) is 0 Å². The van der Waals surface area contributed by atoms with Gasteiger partial charge >= 0.3 is 21.1 Å². The molecule has 0 saturated heterocycles. The first-order chi connectivity index (χ1) is 13.2. The molecule has 0 atom stereocenters. The smallest absolute Gasteiger partial charge is 0.476 e. The number of rotatable bonds is 2. The predicted molar refractivity (Wildman–Crippen MR) is 118 cm³/mol. The van der Waals surface area contributed by atoms with Crippen molar-refractivity contribution >= 4 is 61.6 Å². The number of fused-ring (bicyclic) bond motifs is 5. The van der Waals surface area contributed by atoms with E-state index >= 15 is 0 Å². The fraction of sp³-hybridized carbons (Fsp3) is 0. The standard InChI is InChI=1S/C23H13N2S2.Pt/c26-23(27)18-4-1-3-17(13-18)19-11-10-16-9-7-14-6-8-15-5-2-12-24-21(15)20(14)22(16)25-19;/h1-12H,(H,26,27);/q-1;+2/p-1. The van der Waals surface area contributed by atoms with Crippen LogP contribution in [0, 0.1) is 6.07 Å². The van der Waals surface area contributed by atoms with Gasteiger partial charge in [-0.25, -0.2) is 0 Å². The van der Waals surface area contributed by atoms with Gasteiger partial charge in [-0.05, 0) is 16.8 Å². The van der Waals surface area contributed by atoms with E-state index in [0.717, 1.165) is 49.4 Å². The Morgan fingerprint density at radius 3 is 2.32 bits per heavy atom. The van der Waals surface area contributed by atoms with Crippen molar-refractivity contribution in [3.8, 4) is 11.3 Å². The molecular weight excluding hydrogens is 563 g/mol. The summed E-state index contributed by atoms with van der Waals surface area (Å²) >= 11 is 10.2. The normalized spacial score (nSPS) is 10.9. The van der Waals surface area contributed by atoms with Crippen LogP contribution < -0.4 is 0 Å². The van der Waals surface area contributed by atoms with Gasteiger partial charge in [0.15, 0.2) is 0 Å². The first kappa shape index (κ1) is 19.1. The number of benzene rings is 3. The van der Waals surface area contributed by atoms with Gasteiger partial charge in [-0.3, -0.25) is 9.97 Å². The Labute approximate surface area is 187 Å². The number of hydrogen-bond donors (Lipinski definition) is 0. The SMILES string of the molecule is S=C([S-])c1[c-]c(-c2ccc3ccc4ccc5cccnc5c4c3n2)ccc1.[Pt+2]. The zero-order chi connectivity index (χ0) is 18.4. The molecule has 0 N–H and O–H groups in total. The van der Waals surface area contributed by atoms with Crippen LogP contribution in [-0.2, 0) is 33.7 Å². The van der Waals surface area contributed by atoms with Gasteiger partial charge in [0.05, 0.1) is 11.0 Å². The minimum atomic E-state index is 0. The predicted octanol–water partition coefficient (Wildman–Crippen LogP) is 5.62. The zero-order valence-electron chi connectivity index (χ0n) is 14.5. The van der Waals surface area contributed by atoms with Gasteiger partial charge in [0.2, 0.25) is 0 Å². The largest absolute Gasteiger partial charge is 2.00 e. The Morgan fingerprint density at radius 1 is 0.821 bits per heavy atom. The summed E-state index contributed by atoms with van der Waals surface area (Å²) < 4.78 is 0.415. The monoisotopic (exact) mass is 575 g/mol. The van der Waals surface area contributed by atoms with E-state index < -0.39 is 0 Å². The van der Waals surface area contributed by atoms with Crippen molar-refractivity contribution in [2.24, 2.45) is 0 Å². The summed E-state index contributed by atoms with van der Waals surface area (Å²) in [5, 5.41) is 4.39. The molecular formula is C23H12N2PtS2. The van der Waals surface area contributed by atoms with Gasteiger partial charge in [0.1, 0.15) is 0 Å². The molecule has 0 aliphatic rings. The van der Waals surface area contributed by atoms with Crippen LogP contribution in [0.4, 0.5) is 0 Å². The second kappa shape index (κ2) is 7.63. The van der Waals surface area contributed by atoms with Crippen molar-refractivity contribution < 1.29 is 21.1 Å². The molecule has 0 unspecified atom stereocenters. The van der Waals surface area contributed by atoms with Gasteiger partial charge in [-0.1, -0.05) is 48.0 Å². The number of aromatic nitrogens is 2. The van der Waals surface area contributed by atoms with Gasteiger partial charge in [0, 0.05) is 22.7 Å². The van der Waals surface area contributed by atoms with Gasteiger partial charge in [-0.2, -0.15) is 4.20 Å². The first-order valence-corrected chi connectivity index (χ1v) is 9.34. The average molecular weight is 576 g/mol. The van der Waals surface area contributed by atoms with Crippen molar-refractivity contribution in [2.45, 2.75) is 0 Å². The summed E-state index contributed by atoms with van der Waals surface area (Å²) in [6.07, 6.45) is 1.83. The van der Waals surface area contributed by atoms with Crippen LogP contribution in [-0.4, -0.2) is 14.2 Å². The molecule has 0 spiro atoms. The molecule has 5 aromatic rings. The fourth-order valence-electron chi connectivity index (χ4n) is 3.42. The van der Waals surface area contributed by atoms with Crippen molar-refractivity contribution in [3.05, 3.63) is 84.6 Å². The molecule has 0 radical (unpaired) electrons. The summed E-state index contributed by atoms with van der Waals surface area (Å²) in [4.78, 5) is 9.60. The van der Waals surface area contributed by atoms with E-state index in [0.29, 0.717) is 4.20 Å². The summed E-state index contributed by atoms with van der Waals surface area (Å²) in [6.45, 7) is 0. The number of pyridine rings is 2. The number of thiocarbonyl (C=S) groups is 1. The first-order valence-electron chi connectivity index (χ1n) is 8.52. The van der Waals surface area contributed by atoms with Gasteiger partial charge < -0.3 is 24.8 Å². The van der Waals surface area contributed by atoms with Gasteiger partial charge in [-0.15, -0.1) is 29.8 Å². The third-order valence-corrected chi connectivity index (χ3v) is 5.14. The minimum absolute atomic E-state index is 0. The van der Waals surface area contributed by atoms with Crippen LogP contribution in [0.15, 0.2) is 72.9 Å². The molecule has 0 amide bonds. The molecule has 0 aliphatic heterocycles. The maximum absolute atomic E-state index is 5.12. The molecule has 2 heterocycles. The quantitative estimate of drug-likeness (QED) is 0.118. The third kappa shape index (κ3) is 3.22. The second-order valence-corrected chi connectivity index (χ2v) is 7.41. The summed E-state index contributed by atoms with van der Waals surface area (Å²) in [6, 6.07) is 25.7. The van der Waals surface area contributed by atoms with E-state index in [4.69, 9.17) is 29.8 Å². The molecule has 0 fully saturated rings. The Hall–Kier alpha value is -2.26. The molecule has 136 valence electrons. The van der Waals surface area contributed by atoms with Crippen molar-refractivity contribution in [2.75, 3.05) is 0 Å². The Kier molecular flexibility index (Phi) is 5.20. The fourth-order valence-corrected chi connectivity index (χ4v) is 3.66. The van der Waals surface area contributed by atoms with E-state index in [9.17, 15) is 0 Å². The summed E-state index contributed by atoms with van der Waals surface area (Å²) in [5.74, 6) is 0. The van der Waals surface area contributed by atoms with E-state index in [-0.39, 0.29) is 21.1 Å². The number of nitrogens with zero attached hydrogens (tertiary/aromatic N) is 2. The summed E-state index contributed by atoms with van der Waals surface area (Å²) in [7, 11) is 0. The van der Waals surface area contributed by atoms with Crippen molar-refractivity contribution in [1.82, 2.24) is 9.97 Å². The second-order valence-electron chi connectivity index (χ2n) is 6.34. The molecule has 3 aromatic carbocycles. The number of hydrogen-bond acceptors (Lipinski definition) is 4. The molecule has 0 aliphatic carbocycles.